The molecule has 1 amide bonds. The highest BCUT2D eigenvalue weighted by Crippen LogP contribution is 2.16. The van der Waals surface area contributed by atoms with Crippen molar-refractivity contribution >= 4 is 11.9 Å². The summed E-state index contributed by atoms with van der Waals surface area (Å²) < 4.78 is 5.47. The van der Waals surface area contributed by atoms with Gasteiger partial charge in [-0.25, -0.2) is 0 Å². The first kappa shape index (κ1) is 68.6. The van der Waals surface area contributed by atoms with Crippen molar-refractivity contribution < 1.29 is 24.5 Å². The van der Waals surface area contributed by atoms with Crippen LogP contribution in [0.1, 0.15) is 316 Å². The Kier molecular flexibility index (Phi) is 58.1. The molecule has 3 N–H and O–H groups in total. The number of aliphatic hydroxyl groups excluding tert-OH is 2. The maximum absolute atomic E-state index is 12.5. The number of ether oxygens (including phenoxy) is 1. The van der Waals surface area contributed by atoms with Crippen molar-refractivity contribution in [1.29, 1.82) is 0 Å². The van der Waals surface area contributed by atoms with Gasteiger partial charge >= 0.3 is 5.97 Å². The first-order valence-electron chi connectivity index (χ1n) is 31.1. The van der Waals surface area contributed by atoms with Gasteiger partial charge < -0.3 is 20.3 Å². The van der Waals surface area contributed by atoms with Crippen molar-refractivity contribution in [3.8, 4) is 0 Å². The Bertz CT molecular complexity index is 1240. The Morgan fingerprint density at radius 1 is 0.394 bits per heavy atom. The molecule has 0 radical (unpaired) electrons. The molecule has 0 bridgehead atoms. The van der Waals surface area contributed by atoms with Crippen molar-refractivity contribution in [2.24, 2.45) is 0 Å². The summed E-state index contributed by atoms with van der Waals surface area (Å²) in [4.78, 5) is 24.5. The molecule has 0 fully saturated rings. The van der Waals surface area contributed by atoms with Crippen molar-refractivity contribution in [3.05, 3.63) is 60.8 Å². The number of nitrogens with one attached hydrogen (secondary N) is 1. The van der Waals surface area contributed by atoms with Gasteiger partial charge in [0.1, 0.15) is 0 Å². The lowest BCUT2D eigenvalue weighted by Crippen LogP contribution is -2.45. The molecule has 6 heteroatoms. The van der Waals surface area contributed by atoms with Crippen molar-refractivity contribution in [2.75, 3.05) is 13.2 Å². The van der Waals surface area contributed by atoms with Gasteiger partial charge in [0.05, 0.1) is 25.4 Å². The van der Waals surface area contributed by atoms with Gasteiger partial charge in [0.25, 0.3) is 0 Å². The Morgan fingerprint density at radius 2 is 0.704 bits per heavy atom. The first-order chi connectivity index (χ1) is 35.0. The van der Waals surface area contributed by atoms with Crippen LogP contribution >= 0.6 is 0 Å². The summed E-state index contributed by atoms with van der Waals surface area (Å²) in [5, 5.41) is 23.1. The van der Waals surface area contributed by atoms with Gasteiger partial charge in [-0.15, -0.1) is 0 Å². The molecule has 0 aliphatic carbocycles. The minimum Gasteiger partial charge on any atom is -0.466 e. The summed E-state index contributed by atoms with van der Waals surface area (Å²) in [6.45, 7) is 4.87. The molecule has 414 valence electrons. The molecule has 0 heterocycles. The molecular weight excluding hydrogens is 875 g/mol. The first-order valence-corrected chi connectivity index (χ1v) is 31.1. The van der Waals surface area contributed by atoms with Crippen LogP contribution in [0.4, 0.5) is 0 Å². The number of unbranched alkanes of at least 4 members (excludes halogenated alkanes) is 38. The largest absolute Gasteiger partial charge is 0.466 e. The average Bonchev–Trinajstić information content (AvgIpc) is 3.37. The number of hydrogen-bond donors (Lipinski definition) is 3. The maximum Gasteiger partial charge on any atom is 0.305 e. The van der Waals surface area contributed by atoms with Crippen LogP contribution in [-0.2, 0) is 14.3 Å². The van der Waals surface area contributed by atoms with E-state index < -0.39 is 12.1 Å². The van der Waals surface area contributed by atoms with Crippen molar-refractivity contribution in [2.45, 2.75) is 328 Å². The zero-order valence-corrected chi connectivity index (χ0v) is 47.2. The average molecular weight is 995 g/mol. The number of hydrogen-bond acceptors (Lipinski definition) is 5. The van der Waals surface area contributed by atoms with E-state index in [0.717, 1.165) is 70.6 Å². The van der Waals surface area contributed by atoms with Crippen LogP contribution in [0.3, 0.4) is 0 Å². The third-order valence-corrected chi connectivity index (χ3v) is 14.0. The molecule has 0 spiro atoms. The van der Waals surface area contributed by atoms with E-state index in [1.807, 2.05) is 6.08 Å². The Labute approximate surface area is 441 Å². The summed E-state index contributed by atoms with van der Waals surface area (Å²) in [7, 11) is 0. The SMILES string of the molecule is CCCCCC/C=C\C/C=C\CCCCCCCC(=O)OCCCCCCCCCCC/C=C\C/C=C\CCCCCCCCCC(=O)NC(CO)C(O)/C=C/CCCCCCCCCCCCCCC. The predicted molar refractivity (Wildman–Crippen MR) is 310 cm³/mol. The quantitative estimate of drug-likeness (QED) is 0.0321. The standard InChI is InChI=1S/C65H119NO5/c1-3-5-7-9-11-13-15-17-19-31-35-39-43-47-51-55-59-65(70)71-60-56-52-48-44-40-36-32-28-26-24-22-20-21-23-25-27-30-34-38-42-46-50-54-58-64(69)66-62(61-67)63(68)57-53-49-45-41-37-33-29-18-16-14-12-10-8-6-4-2/h13,15,19-20,22-23,25,31,53,57,62-63,67-68H,3-12,14,16-18,21,24,26-30,32-52,54-56,58-61H2,1-2H3,(H,66,69)/b15-13-,22-20-,25-23-,31-19-,57-53+. The van der Waals surface area contributed by atoms with E-state index in [-0.39, 0.29) is 18.5 Å². The Balaban J connectivity index is 3.48. The van der Waals surface area contributed by atoms with E-state index in [4.69, 9.17) is 4.74 Å². The second-order valence-electron chi connectivity index (χ2n) is 21.0. The van der Waals surface area contributed by atoms with Gasteiger partial charge in [-0.3, -0.25) is 9.59 Å². The molecule has 0 aromatic rings. The summed E-state index contributed by atoms with van der Waals surface area (Å²) in [5.74, 6) is -0.0862. The normalized spacial score (nSPS) is 13.0. The lowest BCUT2D eigenvalue weighted by molar-refractivity contribution is -0.143. The monoisotopic (exact) mass is 994 g/mol. The number of amides is 1. The van der Waals surface area contributed by atoms with Crippen LogP contribution in [0.25, 0.3) is 0 Å². The topological polar surface area (TPSA) is 95.9 Å². The number of allylic oxidation sites excluding steroid dienone is 9. The summed E-state index contributed by atoms with van der Waals surface area (Å²) in [6, 6.07) is -0.637. The van der Waals surface area contributed by atoms with Crippen LogP contribution in [0, 0.1) is 0 Å². The van der Waals surface area contributed by atoms with E-state index in [9.17, 15) is 19.8 Å². The predicted octanol–water partition coefficient (Wildman–Crippen LogP) is 19.5. The Hall–Kier alpha value is -2.44. The summed E-state index contributed by atoms with van der Waals surface area (Å²) in [5.41, 5.74) is 0. The smallest absolute Gasteiger partial charge is 0.305 e. The van der Waals surface area contributed by atoms with E-state index in [1.165, 1.54) is 218 Å². The van der Waals surface area contributed by atoms with Gasteiger partial charge in [0.2, 0.25) is 5.91 Å². The molecule has 0 saturated heterocycles. The molecule has 0 aliphatic heterocycles. The van der Waals surface area contributed by atoms with Crippen LogP contribution in [0.15, 0.2) is 60.8 Å². The molecule has 0 aromatic heterocycles. The number of carbonyl (C=O) groups is 2. The molecule has 2 atom stereocenters. The zero-order chi connectivity index (χ0) is 51.4. The fraction of sp³-hybridized carbons (Fsp3) is 0.815. The van der Waals surface area contributed by atoms with Gasteiger partial charge in [-0.2, -0.15) is 0 Å². The minimum atomic E-state index is -0.852. The lowest BCUT2D eigenvalue weighted by Gasteiger charge is -2.20. The van der Waals surface area contributed by atoms with Gasteiger partial charge in [-0.05, 0) is 96.3 Å². The number of rotatable bonds is 57. The molecule has 0 rings (SSSR count). The molecule has 2 unspecified atom stereocenters. The van der Waals surface area contributed by atoms with Crippen LogP contribution in [-0.4, -0.2) is 47.4 Å². The summed E-state index contributed by atoms with van der Waals surface area (Å²) in [6.07, 6.45) is 78.2. The lowest BCUT2D eigenvalue weighted by atomic mass is 10.0. The Morgan fingerprint density at radius 3 is 1.08 bits per heavy atom. The van der Waals surface area contributed by atoms with Crippen molar-refractivity contribution in [1.82, 2.24) is 5.32 Å². The second-order valence-corrected chi connectivity index (χ2v) is 21.0. The third kappa shape index (κ3) is 56.7. The third-order valence-electron chi connectivity index (χ3n) is 14.0. The fourth-order valence-electron chi connectivity index (χ4n) is 9.22. The number of aliphatic hydroxyl groups is 2. The minimum absolute atomic E-state index is 0.00754. The van der Waals surface area contributed by atoms with Gasteiger partial charge in [0, 0.05) is 12.8 Å². The van der Waals surface area contributed by atoms with E-state index >= 15 is 0 Å². The number of esters is 1. The molecule has 6 nitrogen and oxygen atoms in total. The molecule has 0 aliphatic rings. The zero-order valence-electron chi connectivity index (χ0n) is 47.2. The van der Waals surface area contributed by atoms with E-state index in [2.05, 4.69) is 67.8 Å². The van der Waals surface area contributed by atoms with Gasteiger partial charge in [-0.1, -0.05) is 267 Å². The van der Waals surface area contributed by atoms with Crippen LogP contribution in [0.2, 0.25) is 0 Å². The summed E-state index contributed by atoms with van der Waals surface area (Å²) >= 11 is 0. The van der Waals surface area contributed by atoms with Crippen LogP contribution < -0.4 is 5.32 Å². The maximum atomic E-state index is 12.5. The highest BCUT2D eigenvalue weighted by Gasteiger charge is 2.18. The van der Waals surface area contributed by atoms with Crippen molar-refractivity contribution in [3.63, 3.8) is 0 Å². The van der Waals surface area contributed by atoms with E-state index in [0.29, 0.717) is 19.4 Å². The fourth-order valence-corrected chi connectivity index (χ4v) is 9.22. The molecule has 0 aromatic carbocycles. The molecule has 0 saturated carbocycles. The van der Waals surface area contributed by atoms with E-state index in [1.54, 1.807) is 6.08 Å². The second kappa shape index (κ2) is 60.1. The van der Waals surface area contributed by atoms with Gasteiger partial charge in [0.15, 0.2) is 0 Å². The molecule has 71 heavy (non-hydrogen) atoms. The number of carbonyl (C=O) groups excluding carboxylic acids is 2. The highest BCUT2D eigenvalue weighted by molar-refractivity contribution is 5.76. The van der Waals surface area contributed by atoms with Crippen LogP contribution in [0.5, 0.6) is 0 Å². The highest BCUT2D eigenvalue weighted by atomic mass is 16.5. The molecular formula is C65H119NO5.